The fourth-order valence-corrected chi connectivity index (χ4v) is 2.07. The third-order valence-corrected chi connectivity index (χ3v) is 2.79. The van der Waals surface area contributed by atoms with E-state index in [4.69, 9.17) is 11.1 Å². The molecule has 0 amide bonds. The predicted octanol–water partition coefficient (Wildman–Crippen LogP) is 0.329. The van der Waals surface area contributed by atoms with Gasteiger partial charge in [0.2, 0.25) is 5.84 Å². The Hall–Kier alpha value is -0.870. The summed E-state index contributed by atoms with van der Waals surface area (Å²) in [6, 6.07) is 0. The molecule has 0 radical (unpaired) electrons. The first-order valence-corrected chi connectivity index (χ1v) is 5.87. The van der Waals surface area contributed by atoms with Gasteiger partial charge in [0.1, 0.15) is 0 Å². The van der Waals surface area contributed by atoms with Crippen molar-refractivity contribution in [2.45, 2.75) is 51.7 Å². The summed E-state index contributed by atoms with van der Waals surface area (Å²) in [5, 5.41) is 19.1. The molecule has 1 aliphatic rings. The lowest BCUT2D eigenvalue weighted by Crippen LogP contribution is -2.96. The minimum absolute atomic E-state index is 0.00303. The largest absolute Gasteiger partial charge is 0.402 e. The maximum atomic E-state index is 9.42. The van der Waals surface area contributed by atoms with Crippen LogP contribution in [0.3, 0.4) is 0 Å². The van der Waals surface area contributed by atoms with Gasteiger partial charge in [-0.05, 0) is 40.0 Å². The lowest BCUT2D eigenvalue weighted by Gasteiger charge is -2.16. The Morgan fingerprint density at radius 1 is 1.44 bits per heavy atom. The highest BCUT2D eigenvalue weighted by molar-refractivity contribution is 5.82. The van der Waals surface area contributed by atoms with E-state index in [9.17, 15) is 5.11 Å². The van der Waals surface area contributed by atoms with Crippen LogP contribution in [0.4, 0.5) is 0 Å². The van der Waals surface area contributed by atoms with E-state index in [1.165, 1.54) is 0 Å². The topological polar surface area (TPSA) is 86.7 Å². The second-order valence-electron chi connectivity index (χ2n) is 5.77. The fraction of sp³-hybridized carbons (Fsp3) is 0.750. The number of quaternary nitrogens is 1. The molecule has 0 aromatic rings. The van der Waals surface area contributed by atoms with Gasteiger partial charge < -0.3 is 10.8 Å². The number of amidine groups is 1. The van der Waals surface area contributed by atoms with E-state index in [2.05, 4.69) is 20.8 Å². The number of allylic oxidation sites excluding steroid dienone is 1. The molecule has 1 fully saturated rings. The highest BCUT2D eigenvalue weighted by Gasteiger charge is 2.25. The lowest BCUT2D eigenvalue weighted by atomic mass is 10.0. The smallest absolute Gasteiger partial charge is 0.218 e. The van der Waals surface area contributed by atoms with Crippen molar-refractivity contribution in [3.63, 3.8) is 0 Å². The monoisotopic (exact) mass is 226 g/mol. The van der Waals surface area contributed by atoms with Crippen LogP contribution in [0.15, 0.2) is 11.8 Å². The van der Waals surface area contributed by atoms with Crippen LogP contribution in [0.5, 0.6) is 0 Å². The summed E-state index contributed by atoms with van der Waals surface area (Å²) in [5.74, 6) is 0.718. The van der Waals surface area contributed by atoms with Gasteiger partial charge in [0.25, 0.3) is 0 Å². The number of hydrogen-bond acceptors (Lipinski definition) is 3. The zero-order chi connectivity index (χ0) is 12.3. The van der Waals surface area contributed by atoms with Gasteiger partial charge in [-0.1, -0.05) is 0 Å². The normalized spacial score (nSPS) is 27.1. The van der Waals surface area contributed by atoms with Crippen molar-refractivity contribution in [3.8, 4) is 0 Å². The van der Waals surface area contributed by atoms with Crippen LogP contribution in [0, 0.1) is 11.3 Å². The molecule has 4 heteroatoms. The first-order chi connectivity index (χ1) is 7.28. The van der Waals surface area contributed by atoms with Crippen molar-refractivity contribution in [2.24, 2.45) is 11.7 Å². The first kappa shape index (κ1) is 13.2. The fourth-order valence-electron chi connectivity index (χ4n) is 2.07. The first-order valence-electron chi connectivity index (χ1n) is 5.87. The molecule has 0 aromatic heterocycles. The van der Waals surface area contributed by atoms with Crippen LogP contribution in [0.1, 0.15) is 40.0 Å². The molecule has 1 rings (SSSR count). The number of aliphatic hydroxyl groups is 1. The van der Waals surface area contributed by atoms with E-state index in [0.29, 0.717) is 5.84 Å². The summed E-state index contributed by atoms with van der Waals surface area (Å²) in [5.41, 5.74) is 6.69. The second-order valence-corrected chi connectivity index (χ2v) is 5.77. The lowest BCUT2D eigenvalue weighted by molar-refractivity contribution is -0.613. The van der Waals surface area contributed by atoms with Crippen molar-refractivity contribution in [2.75, 3.05) is 0 Å². The van der Waals surface area contributed by atoms with E-state index in [1.807, 2.05) is 5.32 Å². The molecular weight excluding hydrogens is 202 g/mol. The van der Waals surface area contributed by atoms with Crippen molar-refractivity contribution in [3.05, 3.63) is 11.8 Å². The van der Waals surface area contributed by atoms with Gasteiger partial charge in [0, 0.05) is 17.7 Å². The van der Waals surface area contributed by atoms with Crippen molar-refractivity contribution < 1.29 is 10.4 Å². The van der Waals surface area contributed by atoms with Crippen LogP contribution in [-0.2, 0) is 0 Å². The van der Waals surface area contributed by atoms with Crippen LogP contribution in [-0.4, -0.2) is 22.6 Å². The van der Waals surface area contributed by atoms with Gasteiger partial charge in [0.05, 0.1) is 11.6 Å². The van der Waals surface area contributed by atoms with Gasteiger partial charge in [-0.25, -0.2) is 0 Å². The zero-order valence-corrected chi connectivity index (χ0v) is 10.5. The Labute approximate surface area is 97.4 Å². The van der Waals surface area contributed by atoms with Crippen LogP contribution in [0.25, 0.3) is 0 Å². The molecule has 6 N–H and O–H groups in total. The number of nitrogens with two attached hydrogens (primary N) is 2. The summed E-state index contributed by atoms with van der Waals surface area (Å²) >= 11 is 0. The molecule has 1 saturated carbocycles. The maximum absolute atomic E-state index is 9.42. The van der Waals surface area contributed by atoms with Crippen LogP contribution < -0.4 is 11.1 Å². The highest BCUT2D eigenvalue weighted by Crippen LogP contribution is 2.28. The van der Waals surface area contributed by atoms with E-state index >= 15 is 0 Å². The molecule has 2 atom stereocenters. The number of hydrogen-bond donors (Lipinski definition) is 4. The summed E-state index contributed by atoms with van der Waals surface area (Å²) in [7, 11) is 0. The molecule has 0 unspecified atom stereocenters. The van der Waals surface area contributed by atoms with Gasteiger partial charge in [-0.2, -0.15) is 0 Å². The summed E-state index contributed by atoms with van der Waals surface area (Å²) in [6.45, 7) is 6.18. The van der Waals surface area contributed by atoms with Gasteiger partial charge >= 0.3 is 0 Å². The molecule has 92 valence electrons. The Morgan fingerprint density at radius 2 is 2.06 bits per heavy atom. The Balaban J connectivity index is 2.53. The van der Waals surface area contributed by atoms with Gasteiger partial charge in [0.15, 0.2) is 0 Å². The van der Waals surface area contributed by atoms with E-state index < -0.39 is 0 Å². The molecule has 0 heterocycles. The number of nitrogens with one attached hydrogen (secondary N) is 1. The van der Waals surface area contributed by atoms with Crippen LogP contribution in [0.2, 0.25) is 0 Å². The molecule has 0 bridgehead atoms. The van der Waals surface area contributed by atoms with Crippen molar-refractivity contribution >= 4 is 5.84 Å². The molecule has 16 heavy (non-hydrogen) atoms. The summed E-state index contributed by atoms with van der Waals surface area (Å²) in [6.07, 6.45) is 4.03. The Morgan fingerprint density at radius 3 is 2.50 bits per heavy atom. The van der Waals surface area contributed by atoms with Crippen molar-refractivity contribution in [1.29, 1.82) is 5.41 Å². The summed E-state index contributed by atoms with van der Waals surface area (Å²) in [4.78, 5) is 0. The average molecular weight is 226 g/mol. The zero-order valence-electron chi connectivity index (χ0n) is 10.5. The average Bonchev–Trinajstić information content (AvgIpc) is 2.47. The standard InChI is InChI=1S/C12H23N3O/c1-12(2,3)15-11(14)7-10(13)8-4-5-9(16)6-8/h7-9,16H,4-6,13H2,1-3H3,(H2,14,15)/p+1/b10-7-/t8-,9+/m0/s1. The van der Waals surface area contributed by atoms with Gasteiger partial charge in [-0.3, -0.25) is 10.7 Å². The highest BCUT2D eigenvalue weighted by atomic mass is 16.3. The summed E-state index contributed by atoms with van der Waals surface area (Å²) < 4.78 is 0. The molecule has 4 nitrogen and oxygen atoms in total. The van der Waals surface area contributed by atoms with E-state index in [-0.39, 0.29) is 17.6 Å². The Bertz CT molecular complexity index is 291. The number of rotatable bonds is 2. The van der Waals surface area contributed by atoms with Gasteiger partial charge in [-0.15, -0.1) is 0 Å². The molecule has 1 aliphatic carbocycles. The maximum Gasteiger partial charge on any atom is 0.218 e. The SMILES string of the molecule is CC(C)(C)[NH2+]C(=N)/C=C(\N)[C@H]1CC[C@@H](O)C1. The Kier molecular flexibility index (Phi) is 4.10. The van der Waals surface area contributed by atoms with Crippen molar-refractivity contribution in [1.82, 2.24) is 0 Å². The minimum Gasteiger partial charge on any atom is -0.402 e. The number of aliphatic hydroxyl groups excluding tert-OH is 1. The third kappa shape index (κ3) is 4.33. The van der Waals surface area contributed by atoms with Crippen LogP contribution >= 0.6 is 0 Å². The molecule has 0 spiro atoms. The second kappa shape index (κ2) is 4.97. The van der Waals surface area contributed by atoms with E-state index in [0.717, 1.165) is 25.0 Å². The molecular formula is C12H24N3O+. The quantitative estimate of drug-likeness (QED) is 0.404. The van der Waals surface area contributed by atoms with E-state index in [1.54, 1.807) is 6.08 Å². The predicted molar refractivity (Wildman–Crippen MR) is 65.0 cm³/mol. The molecule has 0 aromatic carbocycles. The molecule has 0 aliphatic heterocycles. The minimum atomic E-state index is -0.210. The third-order valence-electron chi connectivity index (χ3n) is 2.79. The molecule has 0 saturated heterocycles.